The summed E-state index contributed by atoms with van der Waals surface area (Å²) in [7, 11) is -4.03. The summed E-state index contributed by atoms with van der Waals surface area (Å²) >= 11 is 5.85. The van der Waals surface area contributed by atoms with Gasteiger partial charge < -0.3 is 14.3 Å². The summed E-state index contributed by atoms with van der Waals surface area (Å²) in [5.41, 5.74) is -1.40. The maximum atomic E-state index is 15.0. The predicted octanol–water partition coefficient (Wildman–Crippen LogP) is 7.78. The number of rotatable bonds is 7. The Bertz CT molecular complexity index is 2060. The number of sulfone groups is 1. The van der Waals surface area contributed by atoms with E-state index in [2.05, 4.69) is 14.8 Å². The first-order valence-electron chi connectivity index (χ1n) is 12.8. The van der Waals surface area contributed by atoms with Gasteiger partial charge in [0.15, 0.2) is 27.2 Å². The van der Waals surface area contributed by atoms with E-state index in [1.54, 1.807) is 0 Å². The number of aryl methyl sites for hydroxylation is 1. The molecule has 0 aliphatic carbocycles. The molecule has 0 fully saturated rings. The summed E-state index contributed by atoms with van der Waals surface area (Å²) in [6.07, 6.45) is -8.14. The number of ether oxygens (including phenoxy) is 1. The number of benzene rings is 3. The minimum absolute atomic E-state index is 0.0174. The molecule has 5 rings (SSSR count). The Morgan fingerprint density at radius 2 is 1.63 bits per heavy atom. The van der Waals surface area contributed by atoms with Crippen LogP contribution in [0.15, 0.2) is 70.1 Å². The molecule has 3 aromatic carbocycles. The topological polar surface area (TPSA) is 107 Å². The number of aliphatic hydroxyl groups excluding tert-OH is 1. The molecule has 5 aromatic rings. The van der Waals surface area contributed by atoms with Crippen molar-refractivity contribution in [2.75, 3.05) is 6.26 Å². The Morgan fingerprint density at radius 1 is 0.978 bits per heavy atom. The van der Waals surface area contributed by atoms with Gasteiger partial charge in [-0.05, 0) is 59.7 Å². The number of hydrogen-bond donors (Lipinski definition) is 1. The van der Waals surface area contributed by atoms with E-state index >= 15 is 4.39 Å². The maximum Gasteiger partial charge on any atom is 0.573 e. The Balaban J connectivity index is 1.75. The first-order valence-corrected chi connectivity index (χ1v) is 15.1. The molecule has 0 unspecified atom stereocenters. The summed E-state index contributed by atoms with van der Waals surface area (Å²) in [5.74, 6) is -1.57. The van der Waals surface area contributed by atoms with Crippen LogP contribution in [0.1, 0.15) is 17.1 Å². The Morgan fingerprint density at radius 3 is 2.20 bits per heavy atom. The molecule has 1 N–H and O–H groups in total. The molecule has 46 heavy (non-hydrogen) atoms. The quantitative estimate of drug-likeness (QED) is 0.174. The maximum absolute atomic E-state index is 15.0. The molecule has 2 aromatic heterocycles. The van der Waals surface area contributed by atoms with Gasteiger partial charge in [-0.25, -0.2) is 22.5 Å². The standard InChI is InChI=1S/C29H19ClF7N3O5S/c1-14-38-25(15-3-6-18(7-4-15)45-29(35,36)37)26(44-14)19-9-16(17-10-22(31)20(13-41)24(11-17)46(2,42)43)5-8-23(19)40-12-21(30)27(39-40)28(32,33)34/h3-12,41H,13H2,1-2H3. The number of aromatic nitrogens is 3. The fraction of sp³-hybridized carbons (Fsp3) is 0.172. The SMILES string of the molecule is Cc1nc(-c2ccc(OC(F)(F)F)cc2)c(-c2cc(-c3cc(F)c(CO)c(S(C)(=O)=O)c3)ccc2-n2cc(Cl)c(C(F)(F)F)n2)o1. The zero-order chi connectivity index (χ0) is 33.8. The number of halogens is 8. The average molecular weight is 690 g/mol. The van der Waals surface area contributed by atoms with Gasteiger partial charge in [-0.1, -0.05) is 17.7 Å². The Kier molecular flexibility index (Phi) is 8.42. The van der Waals surface area contributed by atoms with Crippen LogP contribution in [0.5, 0.6) is 5.75 Å². The third kappa shape index (κ3) is 6.73. The van der Waals surface area contributed by atoms with Gasteiger partial charge in [-0.15, -0.1) is 13.2 Å². The normalized spacial score (nSPS) is 12.5. The largest absolute Gasteiger partial charge is 0.573 e. The van der Waals surface area contributed by atoms with Crippen molar-refractivity contribution < 1.29 is 53.4 Å². The molecular weight excluding hydrogens is 671 g/mol. The lowest BCUT2D eigenvalue weighted by molar-refractivity contribution is -0.274. The lowest BCUT2D eigenvalue weighted by Crippen LogP contribution is -2.16. The van der Waals surface area contributed by atoms with Crippen LogP contribution in [0.2, 0.25) is 5.02 Å². The number of alkyl halides is 6. The van der Waals surface area contributed by atoms with Crippen molar-refractivity contribution >= 4 is 21.4 Å². The van der Waals surface area contributed by atoms with Crippen molar-refractivity contribution in [3.63, 3.8) is 0 Å². The van der Waals surface area contributed by atoms with E-state index in [-0.39, 0.29) is 45.3 Å². The van der Waals surface area contributed by atoms with E-state index in [0.29, 0.717) is 0 Å². The van der Waals surface area contributed by atoms with E-state index in [1.165, 1.54) is 37.3 Å². The monoisotopic (exact) mass is 689 g/mol. The van der Waals surface area contributed by atoms with Gasteiger partial charge in [0, 0.05) is 29.9 Å². The van der Waals surface area contributed by atoms with E-state index in [1.807, 2.05) is 0 Å². The van der Waals surface area contributed by atoms with E-state index in [0.717, 1.165) is 41.4 Å². The highest BCUT2D eigenvalue weighted by Gasteiger charge is 2.37. The van der Waals surface area contributed by atoms with Gasteiger partial charge in [0.2, 0.25) is 0 Å². The average Bonchev–Trinajstić information content (AvgIpc) is 3.54. The van der Waals surface area contributed by atoms with E-state index < -0.39 is 61.7 Å². The molecule has 242 valence electrons. The van der Waals surface area contributed by atoms with Crippen LogP contribution >= 0.6 is 11.6 Å². The fourth-order valence-corrected chi connectivity index (χ4v) is 5.84. The molecule has 0 radical (unpaired) electrons. The fourth-order valence-electron chi connectivity index (χ4n) is 4.65. The molecule has 0 saturated heterocycles. The zero-order valence-corrected chi connectivity index (χ0v) is 24.9. The van der Waals surface area contributed by atoms with Crippen molar-refractivity contribution in [2.45, 2.75) is 31.0 Å². The van der Waals surface area contributed by atoms with Crippen molar-refractivity contribution in [1.82, 2.24) is 14.8 Å². The minimum Gasteiger partial charge on any atom is -0.440 e. The highest BCUT2D eigenvalue weighted by molar-refractivity contribution is 7.90. The Hall–Kier alpha value is -4.41. The van der Waals surface area contributed by atoms with Crippen molar-refractivity contribution in [3.05, 3.63) is 88.8 Å². The number of oxazole rings is 1. The van der Waals surface area contributed by atoms with Crippen molar-refractivity contribution in [3.8, 4) is 45.1 Å². The first kappa shape index (κ1) is 33.0. The third-order valence-electron chi connectivity index (χ3n) is 6.57. The smallest absolute Gasteiger partial charge is 0.440 e. The molecule has 0 saturated carbocycles. The molecule has 0 bridgehead atoms. The molecule has 0 aliphatic heterocycles. The lowest BCUT2D eigenvalue weighted by Gasteiger charge is -2.14. The van der Waals surface area contributed by atoms with Crippen molar-refractivity contribution in [1.29, 1.82) is 0 Å². The zero-order valence-electron chi connectivity index (χ0n) is 23.3. The summed E-state index contributed by atoms with van der Waals surface area (Å²) < 4.78 is 129. The van der Waals surface area contributed by atoms with Crippen LogP contribution in [0.4, 0.5) is 30.7 Å². The van der Waals surface area contributed by atoms with Crippen LogP contribution in [0.25, 0.3) is 39.4 Å². The van der Waals surface area contributed by atoms with E-state index in [4.69, 9.17) is 16.0 Å². The molecule has 8 nitrogen and oxygen atoms in total. The van der Waals surface area contributed by atoms with Gasteiger partial charge in [0.25, 0.3) is 0 Å². The van der Waals surface area contributed by atoms with Gasteiger partial charge in [0.1, 0.15) is 17.3 Å². The molecule has 17 heteroatoms. The van der Waals surface area contributed by atoms with Crippen LogP contribution in [-0.2, 0) is 22.6 Å². The summed E-state index contributed by atoms with van der Waals surface area (Å²) in [6, 6.07) is 10.6. The molecule has 0 amide bonds. The second kappa shape index (κ2) is 11.7. The molecule has 0 spiro atoms. The number of hydrogen-bond acceptors (Lipinski definition) is 7. The second-order valence-electron chi connectivity index (χ2n) is 9.85. The number of nitrogens with zero attached hydrogens (tertiary/aromatic N) is 3. The molecule has 0 aliphatic rings. The lowest BCUT2D eigenvalue weighted by atomic mass is 9.97. The number of aliphatic hydroxyl groups is 1. The van der Waals surface area contributed by atoms with Crippen LogP contribution in [0.3, 0.4) is 0 Å². The summed E-state index contributed by atoms with van der Waals surface area (Å²) in [5, 5.41) is 12.4. The summed E-state index contributed by atoms with van der Waals surface area (Å²) in [6.45, 7) is 0.541. The van der Waals surface area contributed by atoms with Crippen molar-refractivity contribution in [2.24, 2.45) is 0 Å². The highest BCUT2D eigenvalue weighted by Crippen LogP contribution is 2.41. The predicted molar refractivity (Wildman–Crippen MR) is 150 cm³/mol. The third-order valence-corrected chi connectivity index (χ3v) is 8.01. The molecule has 0 atom stereocenters. The second-order valence-corrected chi connectivity index (χ2v) is 12.2. The minimum atomic E-state index is -4.95. The van der Waals surface area contributed by atoms with Gasteiger partial charge in [-0.2, -0.15) is 18.3 Å². The van der Waals surface area contributed by atoms with Crippen LogP contribution < -0.4 is 4.74 Å². The van der Waals surface area contributed by atoms with Crippen LogP contribution in [0, 0.1) is 12.7 Å². The van der Waals surface area contributed by atoms with Crippen LogP contribution in [-0.4, -0.2) is 40.9 Å². The Labute approximate surface area is 260 Å². The van der Waals surface area contributed by atoms with Gasteiger partial charge in [-0.3, -0.25) is 0 Å². The van der Waals surface area contributed by atoms with E-state index in [9.17, 15) is 39.9 Å². The molecular formula is C29H19ClF7N3O5S. The molecule has 2 heterocycles. The summed E-state index contributed by atoms with van der Waals surface area (Å²) in [4.78, 5) is 3.83. The van der Waals surface area contributed by atoms with Gasteiger partial charge in [0.05, 0.1) is 28.4 Å². The first-order chi connectivity index (χ1) is 21.4. The highest BCUT2D eigenvalue weighted by atomic mass is 35.5. The van der Waals surface area contributed by atoms with Gasteiger partial charge >= 0.3 is 12.5 Å².